The van der Waals surface area contributed by atoms with E-state index in [1.54, 1.807) is 12.1 Å². The smallest absolute Gasteiger partial charge is 0.262 e. The van der Waals surface area contributed by atoms with Gasteiger partial charge in [0.15, 0.2) is 6.61 Å². The number of carbonyl (C=O) groups is 1. The van der Waals surface area contributed by atoms with Crippen LogP contribution in [0.2, 0.25) is 0 Å². The third kappa shape index (κ3) is 3.95. The Kier molecular flexibility index (Phi) is 4.81. The van der Waals surface area contributed by atoms with E-state index in [0.29, 0.717) is 5.75 Å². The third-order valence-corrected chi connectivity index (χ3v) is 3.44. The highest BCUT2D eigenvalue weighted by atomic mass is 16.5. The summed E-state index contributed by atoms with van der Waals surface area (Å²) in [6.45, 7) is 2.02. The van der Waals surface area contributed by atoms with Crippen molar-refractivity contribution in [1.82, 2.24) is 20.2 Å². The molecule has 122 valence electrons. The number of aromatic nitrogens is 4. The van der Waals surface area contributed by atoms with Gasteiger partial charge in [0, 0.05) is 5.69 Å². The SMILES string of the molecule is CCc1cccc(NC(=O)COc2ccc(-n3cnnn3)cc2)c1. The van der Waals surface area contributed by atoms with Crippen LogP contribution in [-0.4, -0.2) is 32.7 Å². The molecular formula is C17H17N5O2. The van der Waals surface area contributed by atoms with Gasteiger partial charge in [-0.25, -0.2) is 4.68 Å². The normalized spacial score (nSPS) is 10.4. The third-order valence-electron chi connectivity index (χ3n) is 3.44. The molecule has 3 rings (SSSR count). The van der Waals surface area contributed by atoms with Crippen LogP contribution in [0.25, 0.3) is 5.69 Å². The van der Waals surface area contributed by atoms with Crippen molar-refractivity contribution in [1.29, 1.82) is 0 Å². The molecule has 0 spiro atoms. The summed E-state index contributed by atoms with van der Waals surface area (Å²) in [6, 6.07) is 14.9. The maximum atomic E-state index is 12.0. The van der Waals surface area contributed by atoms with E-state index in [1.807, 2.05) is 36.4 Å². The van der Waals surface area contributed by atoms with Crippen molar-refractivity contribution >= 4 is 11.6 Å². The molecular weight excluding hydrogens is 306 g/mol. The number of anilines is 1. The minimum Gasteiger partial charge on any atom is -0.484 e. The molecule has 0 unspecified atom stereocenters. The van der Waals surface area contributed by atoms with Crippen molar-refractivity contribution in [3.8, 4) is 11.4 Å². The number of tetrazole rings is 1. The van der Waals surface area contributed by atoms with E-state index in [9.17, 15) is 4.79 Å². The summed E-state index contributed by atoms with van der Waals surface area (Å²) in [5.41, 5.74) is 2.76. The zero-order valence-corrected chi connectivity index (χ0v) is 13.2. The first-order chi connectivity index (χ1) is 11.7. The Labute approximate surface area is 139 Å². The molecule has 1 heterocycles. The predicted octanol–water partition coefficient (Wildman–Crippen LogP) is 2.24. The number of aryl methyl sites for hydroxylation is 1. The van der Waals surface area contributed by atoms with E-state index in [4.69, 9.17) is 4.74 Å². The Balaban J connectivity index is 1.54. The minimum absolute atomic E-state index is 0.0550. The number of amides is 1. The van der Waals surface area contributed by atoms with Gasteiger partial charge in [0.25, 0.3) is 5.91 Å². The van der Waals surface area contributed by atoms with Crippen molar-refractivity contribution in [3.05, 3.63) is 60.4 Å². The topological polar surface area (TPSA) is 81.9 Å². The lowest BCUT2D eigenvalue weighted by Crippen LogP contribution is -2.20. The van der Waals surface area contributed by atoms with Crippen LogP contribution in [0.4, 0.5) is 5.69 Å². The molecule has 7 heteroatoms. The van der Waals surface area contributed by atoms with E-state index in [2.05, 4.69) is 27.8 Å². The molecule has 1 N–H and O–H groups in total. The van der Waals surface area contributed by atoms with Crippen LogP contribution in [0.3, 0.4) is 0 Å². The maximum absolute atomic E-state index is 12.0. The van der Waals surface area contributed by atoms with Gasteiger partial charge in [0.2, 0.25) is 0 Å². The van der Waals surface area contributed by atoms with Gasteiger partial charge in [-0.2, -0.15) is 0 Å². The largest absolute Gasteiger partial charge is 0.484 e. The molecule has 0 aliphatic carbocycles. The Morgan fingerprint density at radius 2 is 2.04 bits per heavy atom. The fourth-order valence-electron chi connectivity index (χ4n) is 2.19. The average Bonchev–Trinajstić information content (AvgIpc) is 3.15. The van der Waals surface area contributed by atoms with Crippen LogP contribution in [0.5, 0.6) is 5.75 Å². The monoisotopic (exact) mass is 323 g/mol. The molecule has 7 nitrogen and oxygen atoms in total. The number of benzene rings is 2. The van der Waals surface area contributed by atoms with E-state index in [1.165, 1.54) is 16.6 Å². The number of hydrogen-bond acceptors (Lipinski definition) is 5. The van der Waals surface area contributed by atoms with Crippen LogP contribution in [0.1, 0.15) is 12.5 Å². The van der Waals surface area contributed by atoms with E-state index in [-0.39, 0.29) is 12.5 Å². The Morgan fingerprint density at radius 1 is 1.21 bits per heavy atom. The number of nitrogens with one attached hydrogen (secondary N) is 1. The summed E-state index contributed by atoms with van der Waals surface area (Å²) in [4.78, 5) is 12.0. The summed E-state index contributed by atoms with van der Waals surface area (Å²) in [5, 5.41) is 13.8. The lowest BCUT2D eigenvalue weighted by molar-refractivity contribution is -0.118. The van der Waals surface area contributed by atoms with E-state index >= 15 is 0 Å². The summed E-state index contributed by atoms with van der Waals surface area (Å²) in [5.74, 6) is 0.400. The second-order valence-electron chi connectivity index (χ2n) is 5.14. The zero-order chi connectivity index (χ0) is 16.8. The van der Waals surface area contributed by atoms with E-state index in [0.717, 1.165) is 17.8 Å². The molecule has 1 amide bonds. The van der Waals surface area contributed by atoms with Crippen molar-refractivity contribution in [2.45, 2.75) is 13.3 Å². The fourth-order valence-corrected chi connectivity index (χ4v) is 2.19. The summed E-state index contributed by atoms with van der Waals surface area (Å²) in [6.07, 6.45) is 2.43. The first kappa shape index (κ1) is 15.7. The van der Waals surface area contributed by atoms with Gasteiger partial charge in [-0.1, -0.05) is 19.1 Å². The minimum atomic E-state index is -0.201. The molecule has 0 radical (unpaired) electrons. The van der Waals surface area contributed by atoms with Crippen LogP contribution in [-0.2, 0) is 11.2 Å². The highest BCUT2D eigenvalue weighted by Gasteiger charge is 2.05. The summed E-state index contributed by atoms with van der Waals surface area (Å²) < 4.78 is 7.03. The van der Waals surface area contributed by atoms with Crippen LogP contribution in [0, 0.1) is 0 Å². The Morgan fingerprint density at radius 3 is 2.75 bits per heavy atom. The zero-order valence-electron chi connectivity index (χ0n) is 13.2. The lowest BCUT2D eigenvalue weighted by atomic mass is 10.1. The van der Waals surface area contributed by atoms with Gasteiger partial charge in [0.05, 0.1) is 5.69 Å². The highest BCUT2D eigenvalue weighted by molar-refractivity contribution is 5.91. The molecule has 0 bridgehead atoms. The molecule has 0 aliphatic rings. The average molecular weight is 323 g/mol. The molecule has 24 heavy (non-hydrogen) atoms. The molecule has 1 aromatic heterocycles. The first-order valence-electron chi connectivity index (χ1n) is 7.59. The van der Waals surface area contributed by atoms with Crippen LogP contribution < -0.4 is 10.1 Å². The Bertz CT molecular complexity index is 800. The molecule has 0 atom stereocenters. The van der Waals surface area contributed by atoms with E-state index < -0.39 is 0 Å². The number of carbonyl (C=O) groups excluding carboxylic acids is 1. The van der Waals surface area contributed by atoms with Crippen molar-refractivity contribution in [2.75, 3.05) is 11.9 Å². The van der Waals surface area contributed by atoms with Gasteiger partial charge < -0.3 is 10.1 Å². The van der Waals surface area contributed by atoms with Gasteiger partial charge in [-0.15, -0.1) is 5.10 Å². The van der Waals surface area contributed by atoms with Crippen molar-refractivity contribution < 1.29 is 9.53 Å². The lowest BCUT2D eigenvalue weighted by Gasteiger charge is -2.09. The van der Waals surface area contributed by atoms with Crippen LogP contribution in [0.15, 0.2) is 54.9 Å². The summed E-state index contributed by atoms with van der Waals surface area (Å²) in [7, 11) is 0. The number of hydrogen-bond donors (Lipinski definition) is 1. The van der Waals surface area contributed by atoms with Gasteiger partial charge in [0.1, 0.15) is 12.1 Å². The number of ether oxygens (including phenoxy) is 1. The Hall–Kier alpha value is -3.22. The fraction of sp³-hybridized carbons (Fsp3) is 0.176. The first-order valence-corrected chi connectivity index (χ1v) is 7.59. The molecule has 3 aromatic rings. The molecule has 2 aromatic carbocycles. The number of rotatable bonds is 6. The molecule has 0 saturated carbocycles. The van der Waals surface area contributed by atoms with Gasteiger partial charge in [-0.3, -0.25) is 4.79 Å². The van der Waals surface area contributed by atoms with Crippen molar-refractivity contribution in [3.63, 3.8) is 0 Å². The highest BCUT2D eigenvalue weighted by Crippen LogP contribution is 2.15. The molecule has 0 aliphatic heterocycles. The second kappa shape index (κ2) is 7.36. The van der Waals surface area contributed by atoms with Gasteiger partial charge >= 0.3 is 0 Å². The van der Waals surface area contributed by atoms with Crippen molar-refractivity contribution in [2.24, 2.45) is 0 Å². The summed E-state index contributed by atoms with van der Waals surface area (Å²) >= 11 is 0. The van der Waals surface area contributed by atoms with Gasteiger partial charge in [-0.05, 0) is 58.8 Å². The molecule has 0 fully saturated rings. The molecule has 0 saturated heterocycles. The van der Waals surface area contributed by atoms with Crippen LogP contribution >= 0.6 is 0 Å². The number of nitrogens with zero attached hydrogens (tertiary/aromatic N) is 4. The maximum Gasteiger partial charge on any atom is 0.262 e. The second-order valence-corrected chi connectivity index (χ2v) is 5.14. The standard InChI is InChI=1S/C17H17N5O2/c1-2-13-4-3-5-14(10-13)19-17(23)11-24-16-8-6-15(7-9-16)22-12-18-20-21-22/h3-10,12H,2,11H2,1H3,(H,19,23). The predicted molar refractivity (Wildman–Crippen MR) is 89.1 cm³/mol. The quantitative estimate of drug-likeness (QED) is 0.752.